The summed E-state index contributed by atoms with van der Waals surface area (Å²) in [5.74, 6) is 0.974. The van der Waals surface area contributed by atoms with Crippen molar-refractivity contribution in [1.82, 2.24) is 0 Å². The van der Waals surface area contributed by atoms with E-state index in [2.05, 4.69) is 0 Å². The van der Waals surface area contributed by atoms with Crippen LogP contribution in [0.3, 0.4) is 0 Å². The quantitative estimate of drug-likeness (QED) is 0.526. The lowest BCUT2D eigenvalue weighted by Gasteiger charge is -2.24. The molecule has 1 aromatic rings. The van der Waals surface area contributed by atoms with Gasteiger partial charge in [0.25, 0.3) is 0 Å². The standard InChI is InChI=1S/C17H21NO4/c1-10-15(20-3)14(18)13(12-8-6-5-7-9-12)17(16(10)21-4)22-11(2)19/h5-8,12H,9,18H2,1-4H3/t12-/m0/s1. The molecule has 5 nitrogen and oxygen atoms in total. The van der Waals surface area contributed by atoms with Crippen LogP contribution in [0.5, 0.6) is 17.2 Å². The maximum atomic E-state index is 11.5. The lowest BCUT2D eigenvalue weighted by molar-refractivity contribution is -0.132. The number of anilines is 1. The van der Waals surface area contributed by atoms with E-state index < -0.39 is 5.97 Å². The van der Waals surface area contributed by atoms with Crippen LogP contribution < -0.4 is 19.9 Å². The number of benzene rings is 1. The van der Waals surface area contributed by atoms with Crippen molar-refractivity contribution in [1.29, 1.82) is 0 Å². The van der Waals surface area contributed by atoms with E-state index in [4.69, 9.17) is 19.9 Å². The summed E-state index contributed by atoms with van der Waals surface area (Å²) in [6, 6.07) is 0. The lowest BCUT2D eigenvalue weighted by Crippen LogP contribution is -2.12. The minimum Gasteiger partial charge on any atom is -0.494 e. The van der Waals surface area contributed by atoms with Crippen LogP contribution in [0.2, 0.25) is 0 Å². The maximum absolute atomic E-state index is 11.5. The van der Waals surface area contributed by atoms with Gasteiger partial charge in [-0.1, -0.05) is 24.3 Å². The molecule has 1 atom stereocenters. The molecule has 1 aromatic carbocycles. The third kappa shape index (κ3) is 2.79. The number of allylic oxidation sites excluding steroid dienone is 4. The number of carbonyl (C=O) groups is 1. The first kappa shape index (κ1) is 15.9. The zero-order valence-electron chi connectivity index (χ0n) is 13.3. The number of esters is 1. The van der Waals surface area contributed by atoms with Crippen molar-refractivity contribution in [2.24, 2.45) is 0 Å². The average Bonchev–Trinajstić information content (AvgIpc) is 2.48. The monoisotopic (exact) mass is 303 g/mol. The van der Waals surface area contributed by atoms with Crippen molar-refractivity contribution in [3.8, 4) is 17.2 Å². The first-order chi connectivity index (χ1) is 10.5. The van der Waals surface area contributed by atoms with E-state index in [0.29, 0.717) is 28.5 Å². The molecule has 0 aliphatic heterocycles. The van der Waals surface area contributed by atoms with Crippen LogP contribution in [0.4, 0.5) is 5.69 Å². The van der Waals surface area contributed by atoms with Gasteiger partial charge in [0.2, 0.25) is 0 Å². The van der Waals surface area contributed by atoms with E-state index in [0.717, 1.165) is 12.0 Å². The summed E-state index contributed by atoms with van der Waals surface area (Å²) in [7, 11) is 3.09. The van der Waals surface area contributed by atoms with Crippen molar-refractivity contribution in [3.05, 3.63) is 35.4 Å². The van der Waals surface area contributed by atoms with E-state index in [1.807, 2.05) is 31.2 Å². The zero-order chi connectivity index (χ0) is 16.3. The van der Waals surface area contributed by atoms with Gasteiger partial charge < -0.3 is 19.9 Å². The minimum absolute atomic E-state index is 0.00255. The molecule has 118 valence electrons. The molecule has 0 amide bonds. The molecular formula is C17H21NO4. The van der Waals surface area contributed by atoms with Crippen LogP contribution in [-0.2, 0) is 4.79 Å². The number of rotatable bonds is 4. The molecule has 0 aromatic heterocycles. The summed E-state index contributed by atoms with van der Waals surface area (Å²) in [5.41, 5.74) is 8.19. The molecule has 0 radical (unpaired) electrons. The van der Waals surface area contributed by atoms with E-state index in [1.165, 1.54) is 14.0 Å². The second-order valence-electron chi connectivity index (χ2n) is 5.10. The molecule has 0 spiro atoms. The van der Waals surface area contributed by atoms with Gasteiger partial charge in [0.15, 0.2) is 11.5 Å². The molecular weight excluding hydrogens is 282 g/mol. The molecule has 0 saturated heterocycles. The van der Waals surface area contributed by atoms with Crippen molar-refractivity contribution in [2.45, 2.75) is 26.2 Å². The Morgan fingerprint density at radius 3 is 2.36 bits per heavy atom. The molecule has 0 fully saturated rings. The van der Waals surface area contributed by atoms with Crippen LogP contribution in [0, 0.1) is 6.92 Å². The molecule has 0 bridgehead atoms. The van der Waals surface area contributed by atoms with Gasteiger partial charge in [-0.25, -0.2) is 0 Å². The molecule has 2 N–H and O–H groups in total. The Bertz CT molecular complexity index is 647. The largest absolute Gasteiger partial charge is 0.494 e. The number of hydrogen-bond donors (Lipinski definition) is 1. The molecule has 1 aliphatic rings. The molecule has 0 unspecified atom stereocenters. The highest BCUT2D eigenvalue weighted by atomic mass is 16.6. The highest BCUT2D eigenvalue weighted by Crippen LogP contribution is 2.49. The second-order valence-corrected chi connectivity index (χ2v) is 5.10. The molecule has 2 rings (SSSR count). The normalized spacial score (nSPS) is 16.5. The minimum atomic E-state index is -0.418. The summed E-state index contributed by atoms with van der Waals surface area (Å²) in [6.07, 6.45) is 8.75. The first-order valence-corrected chi connectivity index (χ1v) is 7.06. The Labute approximate surface area is 130 Å². The number of methoxy groups -OCH3 is 2. The van der Waals surface area contributed by atoms with Crippen molar-refractivity contribution < 1.29 is 19.0 Å². The van der Waals surface area contributed by atoms with Gasteiger partial charge in [-0.2, -0.15) is 0 Å². The van der Waals surface area contributed by atoms with Gasteiger partial charge in [0, 0.05) is 24.0 Å². The fourth-order valence-electron chi connectivity index (χ4n) is 2.76. The number of nitrogens with two attached hydrogens (primary N) is 1. The molecule has 1 aliphatic carbocycles. The third-order valence-electron chi connectivity index (χ3n) is 3.67. The molecule has 5 heteroatoms. The van der Waals surface area contributed by atoms with E-state index >= 15 is 0 Å². The van der Waals surface area contributed by atoms with Gasteiger partial charge >= 0.3 is 5.97 Å². The SMILES string of the molecule is COc1c(C)c(OC)c(OC(C)=O)c([C@H]2C=CC=CC2)c1N. The molecule has 0 heterocycles. The first-order valence-electron chi connectivity index (χ1n) is 7.06. The number of nitrogen functional groups attached to an aromatic ring is 1. The van der Waals surface area contributed by atoms with E-state index in [9.17, 15) is 4.79 Å². The summed E-state index contributed by atoms with van der Waals surface area (Å²) >= 11 is 0. The zero-order valence-corrected chi connectivity index (χ0v) is 13.3. The van der Waals surface area contributed by atoms with Crippen LogP contribution in [0.1, 0.15) is 30.4 Å². The van der Waals surface area contributed by atoms with Crippen LogP contribution in [0.25, 0.3) is 0 Å². The smallest absolute Gasteiger partial charge is 0.308 e. The average molecular weight is 303 g/mol. The van der Waals surface area contributed by atoms with Crippen molar-refractivity contribution >= 4 is 11.7 Å². The van der Waals surface area contributed by atoms with E-state index in [1.54, 1.807) is 7.11 Å². The van der Waals surface area contributed by atoms with Crippen molar-refractivity contribution in [2.75, 3.05) is 20.0 Å². The highest BCUT2D eigenvalue weighted by molar-refractivity contribution is 5.79. The lowest BCUT2D eigenvalue weighted by atomic mass is 9.88. The van der Waals surface area contributed by atoms with Crippen LogP contribution in [0.15, 0.2) is 24.3 Å². The van der Waals surface area contributed by atoms with Gasteiger partial charge in [-0.05, 0) is 13.3 Å². The fraction of sp³-hybridized carbons (Fsp3) is 0.353. The Morgan fingerprint density at radius 2 is 1.86 bits per heavy atom. The fourth-order valence-corrected chi connectivity index (χ4v) is 2.76. The topological polar surface area (TPSA) is 70.8 Å². The Morgan fingerprint density at radius 1 is 1.18 bits per heavy atom. The van der Waals surface area contributed by atoms with E-state index in [-0.39, 0.29) is 5.92 Å². The predicted octanol–water partition coefficient (Wildman–Crippen LogP) is 3.12. The molecule has 22 heavy (non-hydrogen) atoms. The maximum Gasteiger partial charge on any atom is 0.308 e. The van der Waals surface area contributed by atoms with Crippen molar-refractivity contribution in [3.63, 3.8) is 0 Å². The summed E-state index contributed by atoms with van der Waals surface area (Å²) in [4.78, 5) is 11.5. The number of carbonyl (C=O) groups excluding carboxylic acids is 1. The van der Waals surface area contributed by atoms with Gasteiger partial charge in [-0.3, -0.25) is 4.79 Å². The number of hydrogen-bond acceptors (Lipinski definition) is 5. The predicted molar refractivity (Wildman–Crippen MR) is 85.6 cm³/mol. The van der Waals surface area contributed by atoms with Gasteiger partial charge in [0.1, 0.15) is 5.75 Å². The molecule has 0 saturated carbocycles. The Balaban J connectivity index is 2.73. The highest BCUT2D eigenvalue weighted by Gasteiger charge is 2.28. The van der Waals surface area contributed by atoms with Crippen LogP contribution in [-0.4, -0.2) is 20.2 Å². The van der Waals surface area contributed by atoms with Gasteiger partial charge in [-0.15, -0.1) is 0 Å². The Kier molecular flexibility index (Phi) is 4.75. The number of ether oxygens (including phenoxy) is 3. The summed E-state index contributed by atoms with van der Waals surface area (Å²) < 4.78 is 16.3. The second kappa shape index (κ2) is 6.56. The van der Waals surface area contributed by atoms with Gasteiger partial charge in [0.05, 0.1) is 19.9 Å². The summed E-state index contributed by atoms with van der Waals surface area (Å²) in [5, 5.41) is 0. The third-order valence-corrected chi connectivity index (χ3v) is 3.67. The van der Waals surface area contributed by atoms with Crippen LogP contribution >= 0.6 is 0 Å². The summed E-state index contributed by atoms with van der Waals surface area (Å²) in [6.45, 7) is 3.18. The Hall–Kier alpha value is -2.43.